The Morgan fingerprint density at radius 1 is 1.12 bits per heavy atom. The van der Waals surface area contributed by atoms with Gasteiger partial charge in [0, 0.05) is 11.3 Å². The standard InChI is InChI=1S/C15H15N7O.BrH/c1-8(23)9-2-4-10(5-3-9)18-6-11-7-19-14-12(20-11)13(16)21-15(17)22-14;/h2-5,7,18H,6H2,1H3,(H4,16,17,19,21,22);1H. The number of fused-ring (bicyclic) bond motifs is 1. The molecule has 8 nitrogen and oxygen atoms in total. The van der Waals surface area contributed by atoms with Gasteiger partial charge in [0.25, 0.3) is 0 Å². The van der Waals surface area contributed by atoms with Crippen LogP contribution in [0.15, 0.2) is 30.5 Å². The molecule has 0 spiro atoms. The van der Waals surface area contributed by atoms with Crippen LogP contribution in [0.3, 0.4) is 0 Å². The van der Waals surface area contributed by atoms with Crippen LogP contribution in [0, 0.1) is 0 Å². The third-order valence-electron chi connectivity index (χ3n) is 3.27. The first-order valence-corrected chi connectivity index (χ1v) is 6.92. The highest BCUT2D eigenvalue weighted by Gasteiger charge is 2.07. The maximum Gasteiger partial charge on any atom is 0.224 e. The number of hydrogen-bond acceptors (Lipinski definition) is 8. The number of carbonyl (C=O) groups is 1. The van der Waals surface area contributed by atoms with Gasteiger partial charge < -0.3 is 16.8 Å². The normalized spacial score (nSPS) is 10.2. The molecule has 0 aliphatic heterocycles. The first kappa shape index (κ1) is 17.5. The van der Waals surface area contributed by atoms with E-state index in [0.717, 1.165) is 5.69 Å². The van der Waals surface area contributed by atoms with Gasteiger partial charge in [0.1, 0.15) is 0 Å². The van der Waals surface area contributed by atoms with E-state index in [1.807, 2.05) is 12.1 Å². The van der Waals surface area contributed by atoms with Crippen LogP contribution in [-0.4, -0.2) is 25.7 Å². The Hall–Kier alpha value is -2.81. The van der Waals surface area contributed by atoms with Gasteiger partial charge >= 0.3 is 0 Å². The third kappa shape index (κ3) is 3.74. The van der Waals surface area contributed by atoms with Crippen molar-refractivity contribution in [1.82, 2.24) is 19.9 Å². The molecule has 0 saturated carbocycles. The maximum atomic E-state index is 11.2. The van der Waals surface area contributed by atoms with Crippen molar-refractivity contribution < 1.29 is 4.79 Å². The summed E-state index contributed by atoms with van der Waals surface area (Å²) >= 11 is 0. The Kier molecular flexibility index (Phi) is 5.24. The largest absolute Gasteiger partial charge is 0.382 e. The molecule has 0 aliphatic rings. The summed E-state index contributed by atoms with van der Waals surface area (Å²) in [6.45, 7) is 1.98. The molecule has 2 aromatic heterocycles. The van der Waals surface area contributed by atoms with Crippen LogP contribution in [0.5, 0.6) is 0 Å². The van der Waals surface area contributed by atoms with Crippen LogP contribution in [0.25, 0.3) is 11.2 Å². The summed E-state index contributed by atoms with van der Waals surface area (Å²) < 4.78 is 0. The van der Waals surface area contributed by atoms with Crippen molar-refractivity contribution in [3.05, 3.63) is 41.7 Å². The van der Waals surface area contributed by atoms with Crippen LogP contribution in [0.1, 0.15) is 23.0 Å². The summed E-state index contributed by atoms with van der Waals surface area (Å²) in [6.07, 6.45) is 1.60. The van der Waals surface area contributed by atoms with Crippen LogP contribution >= 0.6 is 17.0 Å². The van der Waals surface area contributed by atoms with Crippen LogP contribution in [0.2, 0.25) is 0 Å². The predicted octanol–water partition coefficient (Wildman–Crippen LogP) is 1.98. The molecule has 0 saturated heterocycles. The number of halogens is 1. The Labute approximate surface area is 148 Å². The summed E-state index contributed by atoms with van der Waals surface area (Å²) in [5.41, 5.74) is 14.3. The molecule has 0 fully saturated rings. The average molecular weight is 390 g/mol. The van der Waals surface area contributed by atoms with E-state index < -0.39 is 0 Å². The zero-order valence-electron chi connectivity index (χ0n) is 12.9. The van der Waals surface area contributed by atoms with Gasteiger partial charge in [-0.3, -0.25) is 4.79 Å². The Morgan fingerprint density at radius 2 is 1.83 bits per heavy atom. The fourth-order valence-corrected chi connectivity index (χ4v) is 2.08. The molecular weight excluding hydrogens is 374 g/mol. The quantitative estimate of drug-likeness (QED) is 0.576. The number of nitrogens with two attached hydrogens (primary N) is 2. The fourth-order valence-electron chi connectivity index (χ4n) is 2.08. The number of ketones is 1. The molecule has 124 valence electrons. The molecule has 2 heterocycles. The lowest BCUT2D eigenvalue weighted by molar-refractivity contribution is 0.101. The van der Waals surface area contributed by atoms with Crippen LogP contribution in [-0.2, 0) is 6.54 Å². The van der Waals surface area contributed by atoms with Gasteiger partial charge in [0.15, 0.2) is 22.8 Å². The number of benzene rings is 1. The van der Waals surface area contributed by atoms with Crippen molar-refractivity contribution in [2.45, 2.75) is 13.5 Å². The van der Waals surface area contributed by atoms with Gasteiger partial charge in [-0.15, -0.1) is 17.0 Å². The van der Waals surface area contributed by atoms with Crippen molar-refractivity contribution in [1.29, 1.82) is 0 Å². The van der Waals surface area contributed by atoms with Gasteiger partial charge in [-0.25, -0.2) is 9.97 Å². The molecule has 9 heteroatoms. The van der Waals surface area contributed by atoms with Gasteiger partial charge in [-0.05, 0) is 31.2 Å². The molecule has 24 heavy (non-hydrogen) atoms. The van der Waals surface area contributed by atoms with E-state index in [9.17, 15) is 4.79 Å². The maximum absolute atomic E-state index is 11.2. The molecule has 0 bridgehead atoms. The molecule has 0 aliphatic carbocycles. The monoisotopic (exact) mass is 389 g/mol. The highest BCUT2D eigenvalue weighted by Crippen LogP contribution is 2.16. The lowest BCUT2D eigenvalue weighted by atomic mass is 10.1. The van der Waals surface area contributed by atoms with E-state index in [2.05, 4.69) is 25.3 Å². The third-order valence-corrected chi connectivity index (χ3v) is 3.27. The van der Waals surface area contributed by atoms with E-state index in [1.165, 1.54) is 6.92 Å². The number of Topliss-reactive ketones (excluding diaryl/α,β-unsaturated/α-hetero) is 1. The molecule has 3 aromatic rings. The van der Waals surface area contributed by atoms with Gasteiger partial charge in [-0.2, -0.15) is 9.97 Å². The first-order chi connectivity index (χ1) is 11.0. The van der Waals surface area contributed by atoms with E-state index in [0.29, 0.717) is 29.0 Å². The summed E-state index contributed by atoms with van der Waals surface area (Å²) in [7, 11) is 0. The summed E-state index contributed by atoms with van der Waals surface area (Å²) in [6, 6.07) is 7.21. The first-order valence-electron chi connectivity index (χ1n) is 6.92. The fraction of sp³-hybridized carbons (Fsp3) is 0.133. The zero-order chi connectivity index (χ0) is 16.4. The van der Waals surface area contributed by atoms with Crippen molar-refractivity contribution in [3.8, 4) is 0 Å². The topological polar surface area (TPSA) is 133 Å². The molecular formula is C15H16BrN7O. The molecule has 0 atom stereocenters. The Morgan fingerprint density at radius 3 is 2.50 bits per heavy atom. The SMILES string of the molecule is Br.CC(=O)c1ccc(NCc2cnc3nc(N)nc(N)c3n2)cc1. The number of hydrogen-bond donors (Lipinski definition) is 3. The van der Waals surface area contributed by atoms with Gasteiger partial charge in [0.2, 0.25) is 5.95 Å². The van der Waals surface area contributed by atoms with E-state index in [-0.39, 0.29) is 34.5 Å². The summed E-state index contributed by atoms with van der Waals surface area (Å²) in [5, 5.41) is 3.20. The smallest absolute Gasteiger partial charge is 0.224 e. The van der Waals surface area contributed by atoms with E-state index >= 15 is 0 Å². The van der Waals surface area contributed by atoms with Crippen molar-refractivity contribution in [3.63, 3.8) is 0 Å². The second kappa shape index (κ2) is 7.18. The number of carbonyl (C=O) groups excluding carboxylic acids is 1. The number of aromatic nitrogens is 4. The van der Waals surface area contributed by atoms with Crippen LogP contribution < -0.4 is 16.8 Å². The minimum atomic E-state index is 0. The second-order valence-electron chi connectivity index (χ2n) is 4.99. The number of anilines is 3. The molecule has 3 rings (SSSR count). The Balaban J connectivity index is 0.00000208. The molecule has 1 aromatic carbocycles. The molecule has 0 amide bonds. The van der Waals surface area contributed by atoms with Crippen molar-refractivity contribution in [2.75, 3.05) is 16.8 Å². The molecule has 0 unspecified atom stereocenters. The second-order valence-corrected chi connectivity index (χ2v) is 4.99. The minimum Gasteiger partial charge on any atom is -0.382 e. The highest BCUT2D eigenvalue weighted by molar-refractivity contribution is 8.93. The average Bonchev–Trinajstić information content (AvgIpc) is 2.53. The lowest BCUT2D eigenvalue weighted by Gasteiger charge is -2.07. The zero-order valence-corrected chi connectivity index (χ0v) is 14.6. The Bertz CT molecular complexity index is 883. The highest BCUT2D eigenvalue weighted by atomic mass is 79.9. The van der Waals surface area contributed by atoms with Crippen molar-refractivity contribution >= 4 is 51.4 Å². The molecule has 0 radical (unpaired) electrons. The predicted molar refractivity (Wildman–Crippen MR) is 98.0 cm³/mol. The minimum absolute atomic E-state index is 0. The lowest BCUT2D eigenvalue weighted by Crippen LogP contribution is -2.07. The van der Waals surface area contributed by atoms with E-state index in [1.54, 1.807) is 18.3 Å². The van der Waals surface area contributed by atoms with Gasteiger partial charge in [0.05, 0.1) is 18.4 Å². The number of rotatable bonds is 4. The van der Waals surface area contributed by atoms with Gasteiger partial charge in [-0.1, -0.05) is 0 Å². The van der Waals surface area contributed by atoms with E-state index in [4.69, 9.17) is 11.5 Å². The van der Waals surface area contributed by atoms with Crippen LogP contribution in [0.4, 0.5) is 17.5 Å². The summed E-state index contributed by atoms with van der Waals surface area (Å²) in [4.78, 5) is 27.7. The number of nitrogens with zero attached hydrogens (tertiary/aromatic N) is 4. The summed E-state index contributed by atoms with van der Waals surface area (Å²) in [5.74, 6) is 0.306. The number of nitrogen functional groups attached to an aromatic ring is 2. The van der Waals surface area contributed by atoms with Crippen molar-refractivity contribution in [2.24, 2.45) is 0 Å². The molecule has 5 N–H and O–H groups in total. The number of nitrogens with one attached hydrogen (secondary N) is 1.